The van der Waals surface area contributed by atoms with Crippen LogP contribution >= 0.6 is 35.1 Å². The van der Waals surface area contributed by atoms with E-state index in [1.165, 1.54) is 18.9 Å². The lowest BCUT2D eigenvalue weighted by atomic mass is 10.1. The summed E-state index contributed by atoms with van der Waals surface area (Å²) >= 11 is 3.14. The van der Waals surface area contributed by atoms with E-state index in [1.54, 1.807) is 0 Å². The summed E-state index contributed by atoms with van der Waals surface area (Å²) in [6.07, 6.45) is -1.64. The normalized spacial score (nSPS) is 19.2. The number of rotatable bonds is 10. The number of hydrogen-bond acceptors (Lipinski definition) is 16. The number of hydrogen-bond donors (Lipinski definition) is 4. The Bertz CT molecular complexity index is 1310. The van der Waals surface area contributed by atoms with Crippen molar-refractivity contribution < 1.29 is 39.0 Å². The van der Waals surface area contributed by atoms with E-state index in [0.717, 1.165) is 32.9 Å². The number of carboxylic acids is 1. The standard InChI is InChI=1S/C16H16N10O8S3/c1-33-21-7(9-19-14(17)37-22-9)10(29)18-8-11(30)26-12(34-16(31)32)5(3-35-13(8)26)4-36-15-20-23-24-25(15)2-6(27)28/h8,13H,2-4H2,1H3,(H,18,29)(H,27,28)(H,31,32)(H2,17,19,22)/t8?,13-/m0/s1. The Morgan fingerprint density at radius 1 is 1.35 bits per heavy atom. The molecule has 0 aromatic carbocycles. The number of ether oxygens (including phenoxy) is 1. The Kier molecular flexibility index (Phi) is 7.73. The molecule has 0 aliphatic carbocycles. The third kappa shape index (κ3) is 5.56. The molecule has 2 aliphatic rings. The number of tetrazole rings is 1. The fourth-order valence-electron chi connectivity index (χ4n) is 3.20. The number of carboxylic acid groups (broad SMARTS) is 2. The number of thioether (sulfide) groups is 2. The molecule has 0 saturated carbocycles. The molecule has 4 heterocycles. The number of carbonyl (C=O) groups excluding carboxylic acids is 2. The Balaban J connectivity index is 1.49. The van der Waals surface area contributed by atoms with Gasteiger partial charge in [-0.1, -0.05) is 16.9 Å². The van der Waals surface area contributed by atoms with Crippen molar-refractivity contribution in [1.29, 1.82) is 0 Å². The maximum atomic E-state index is 13.0. The van der Waals surface area contributed by atoms with Gasteiger partial charge in [0, 0.05) is 28.6 Å². The molecule has 0 radical (unpaired) electrons. The van der Waals surface area contributed by atoms with Gasteiger partial charge < -0.3 is 30.8 Å². The van der Waals surface area contributed by atoms with Crippen LogP contribution in [-0.4, -0.2) is 104 Å². The van der Waals surface area contributed by atoms with Crippen molar-refractivity contribution in [2.75, 3.05) is 24.3 Å². The predicted octanol–water partition coefficient (Wildman–Crippen LogP) is -1.36. The molecule has 196 valence electrons. The topological polar surface area (TPSA) is 250 Å². The maximum Gasteiger partial charge on any atom is 0.512 e. The lowest BCUT2D eigenvalue weighted by Crippen LogP contribution is -2.70. The molecule has 2 aliphatic heterocycles. The minimum atomic E-state index is -1.64. The first-order valence-corrected chi connectivity index (χ1v) is 12.7. The van der Waals surface area contributed by atoms with Crippen molar-refractivity contribution in [3.05, 3.63) is 17.3 Å². The molecule has 4 rings (SSSR count). The molecule has 1 fully saturated rings. The predicted molar refractivity (Wildman–Crippen MR) is 125 cm³/mol. The molecule has 2 atom stereocenters. The lowest BCUT2D eigenvalue weighted by Gasteiger charge is -2.49. The average molecular weight is 573 g/mol. The first-order valence-electron chi connectivity index (χ1n) is 9.89. The Labute approximate surface area is 218 Å². The van der Waals surface area contributed by atoms with E-state index < -0.39 is 41.9 Å². The molecule has 1 saturated heterocycles. The number of aromatic nitrogens is 6. The molecule has 37 heavy (non-hydrogen) atoms. The Morgan fingerprint density at radius 2 is 2.14 bits per heavy atom. The maximum absolute atomic E-state index is 13.0. The highest BCUT2D eigenvalue weighted by Gasteiger charge is 2.54. The van der Waals surface area contributed by atoms with Gasteiger partial charge in [-0.15, -0.1) is 16.9 Å². The highest BCUT2D eigenvalue weighted by Crippen LogP contribution is 2.41. The van der Waals surface area contributed by atoms with Crippen LogP contribution in [0.2, 0.25) is 0 Å². The minimum Gasteiger partial charge on any atom is -0.480 e. The number of nitrogen functional groups attached to an aromatic ring is 1. The lowest BCUT2D eigenvalue weighted by molar-refractivity contribution is -0.148. The van der Waals surface area contributed by atoms with E-state index in [4.69, 9.17) is 15.6 Å². The summed E-state index contributed by atoms with van der Waals surface area (Å²) in [4.78, 5) is 57.8. The minimum absolute atomic E-state index is 0.0823. The number of nitrogens with one attached hydrogen (secondary N) is 1. The number of anilines is 1. The van der Waals surface area contributed by atoms with Gasteiger partial charge in [0.15, 0.2) is 5.13 Å². The second-order valence-electron chi connectivity index (χ2n) is 7.02. The molecule has 2 aromatic heterocycles. The van der Waals surface area contributed by atoms with Crippen molar-refractivity contribution in [3.63, 3.8) is 0 Å². The van der Waals surface area contributed by atoms with Crippen LogP contribution in [0.15, 0.2) is 21.8 Å². The highest BCUT2D eigenvalue weighted by atomic mass is 32.2. The van der Waals surface area contributed by atoms with E-state index in [-0.39, 0.29) is 39.2 Å². The number of nitrogens with zero attached hydrogens (tertiary/aromatic N) is 8. The van der Waals surface area contributed by atoms with Crippen molar-refractivity contribution in [3.8, 4) is 0 Å². The third-order valence-corrected chi connectivity index (χ3v) is 7.60. The summed E-state index contributed by atoms with van der Waals surface area (Å²) in [5, 5.41) is 34.7. The molecule has 18 nitrogen and oxygen atoms in total. The van der Waals surface area contributed by atoms with Crippen LogP contribution in [0.25, 0.3) is 0 Å². The molecule has 1 unspecified atom stereocenters. The zero-order valence-corrected chi connectivity index (χ0v) is 20.9. The van der Waals surface area contributed by atoms with Crippen molar-refractivity contribution >= 4 is 69.8 Å². The number of aliphatic carboxylic acids is 1. The van der Waals surface area contributed by atoms with Crippen LogP contribution in [0.5, 0.6) is 0 Å². The molecular formula is C16H16N10O8S3. The van der Waals surface area contributed by atoms with Gasteiger partial charge in [0.1, 0.15) is 25.1 Å². The largest absolute Gasteiger partial charge is 0.512 e. The van der Waals surface area contributed by atoms with E-state index >= 15 is 0 Å². The van der Waals surface area contributed by atoms with E-state index in [9.17, 15) is 24.3 Å². The van der Waals surface area contributed by atoms with Crippen LogP contribution < -0.4 is 11.1 Å². The summed E-state index contributed by atoms with van der Waals surface area (Å²) in [6, 6.07) is -1.03. The van der Waals surface area contributed by atoms with Crippen LogP contribution in [-0.2, 0) is 30.5 Å². The zero-order chi connectivity index (χ0) is 26.7. The van der Waals surface area contributed by atoms with Crippen LogP contribution in [0.1, 0.15) is 5.82 Å². The summed E-state index contributed by atoms with van der Waals surface area (Å²) < 4.78 is 9.90. The van der Waals surface area contributed by atoms with Gasteiger partial charge in [-0.25, -0.2) is 9.48 Å². The highest BCUT2D eigenvalue weighted by molar-refractivity contribution is 8.01. The Morgan fingerprint density at radius 3 is 2.78 bits per heavy atom. The van der Waals surface area contributed by atoms with Crippen LogP contribution in [0.4, 0.5) is 9.93 Å². The van der Waals surface area contributed by atoms with Crippen LogP contribution in [0, 0.1) is 0 Å². The number of fused-ring (bicyclic) bond motifs is 1. The quantitative estimate of drug-likeness (QED) is 0.0843. The molecule has 2 amide bonds. The van der Waals surface area contributed by atoms with Gasteiger partial charge in [0.05, 0.1) is 0 Å². The van der Waals surface area contributed by atoms with E-state index in [0.29, 0.717) is 5.57 Å². The monoisotopic (exact) mass is 572 g/mol. The SMILES string of the molecule is CON=C(C(=O)NC1C(=O)N2C(OC(=O)O)=C(CSc3nnnn3CC(=O)O)CS[C@@H]12)c1nsc(N)n1. The first kappa shape index (κ1) is 26.1. The van der Waals surface area contributed by atoms with Gasteiger partial charge >= 0.3 is 12.1 Å². The van der Waals surface area contributed by atoms with Crippen molar-refractivity contribution in [1.82, 2.24) is 39.8 Å². The van der Waals surface area contributed by atoms with Gasteiger partial charge in [-0.05, 0) is 10.4 Å². The average Bonchev–Trinajstić information content (AvgIpc) is 3.47. The summed E-state index contributed by atoms with van der Waals surface area (Å²) in [5.74, 6) is -2.51. The molecular weight excluding hydrogens is 556 g/mol. The molecule has 0 bridgehead atoms. The second-order valence-corrected chi connectivity index (χ2v) is 9.85. The van der Waals surface area contributed by atoms with Gasteiger partial charge in [-0.3, -0.25) is 19.3 Å². The number of carbonyl (C=O) groups is 4. The second kappa shape index (κ2) is 11.0. The summed E-state index contributed by atoms with van der Waals surface area (Å²) in [6.45, 7) is -0.465. The number of β-lactam (4-membered cyclic amide) rings is 1. The van der Waals surface area contributed by atoms with Crippen molar-refractivity contribution in [2.45, 2.75) is 23.1 Å². The third-order valence-electron chi connectivity index (χ3n) is 4.67. The number of amides is 2. The van der Waals surface area contributed by atoms with E-state index in [1.807, 2.05) is 0 Å². The summed E-state index contributed by atoms with van der Waals surface area (Å²) in [5.41, 5.74) is 5.70. The van der Waals surface area contributed by atoms with Crippen LogP contribution in [0.3, 0.4) is 0 Å². The molecule has 5 N–H and O–H groups in total. The van der Waals surface area contributed by atoms with Gasteiger partial charge in [0.25, 0.3) is 11.8 Å². The number of oxime groups is 1. The zero-order valence-electron chi connectivity index (χ0n) is 18.5. The summed E-state index contributed by atoms with van der Waals surface area (Å²) in [7, 11) is 1.22. The molecule has 21 heteroatoms. The van der Waals surface area contributed by atoms with Crippen molar-refractivity contribution in [2.24, 2.45) is 5.16 Å². The first-order chi connectivity index (χ1) is 17.7. The fourth-order valence-corrected chi connectivity index (χ4v) is 5.96. The molecule has 2 aromatic rings. The number of nitrogens with two attached hydrogens (primary N) is 1. The smallest absolute Gasteiger partial charge is 0.480 e. The van der Waals surface area contributed by atoms with E-state index in [2.05, 4.69) is 40.2 Å². The Hall–Kier alpha value is -3.98. The van der Waals surface area contributed by atoms with Gasteiger partial charge in [-0.2, -0.15) is 9.36 Å². The van der Waals surface area contributed by atoms with Gasteiger partial charge in [0.2, 0.25) is 22.6 Å². The fraction of sp³-hybridized carbons (Fsp3) is 0.375. The molecule has 0 spiro atoms.